The molecule has 26 heavy (non-hydrogen) atoms. The number of hydrogen-bond donors (Lipinski definition) is 1. The number of nitrogens with zero attached hydrogens (tertiary/aromatic N) is 3. The van der Waals surface area contributed by atoms with Gasteiger partial charge in [0.1, 0.15) is 6.17 Å². The van der Waals surface area contributed by atoms with Crippen LogP contribution in [0, 0.1) is 0 Å². The number of hydrogen-bond acceptors (Lipinski definition) is 3. The second kappa shape index (κ2) is 6.67. The SMILES string of the molecule is CC[C@H](C)N1C(=O)c2ccccc2N[C@H]1c1cnn(-c2ccccc2)c1. The quantitative estimate of drug-likeness (QED) is 0.769. The summed E-state index contributed by atoms with van der Waals surface area (Å²) in [5.74, 6) is 0.0613. The number of aromatic nitrogens is 2. The molecule has 1 amide bonds. The van der Waals surface area contributed by atoms with Crippen molar-refractivity contribution in [1.82, 2.24) is 14.7 Å². The number of amides is 1. The van der Waals surface area contributed by atoms with E-state index in [9.17, 15) is 4.79 Å². The van der Waals surface area contributed by atoms with Gasteiger partial charge in [-0.2, -0.15) is 5.10 Å². The maximum absolute atomic E-state index is 13.1. The third-order valence-corrected chi connectivity index (χ3v) is 4.97. The highest BCUT2D eigenvalue weighted by atomic mass is 16.2. The summed E-state index contributed by atoms with van der Waals surface area (Å²) < 4.78 is 1.84. The topological polar surface area (TPSA) is 50.2 Å². The van der Waals surface area contributed by atoms with Crippen molar-refractivity contribution in [3.8, 4) is 5.69 Å². The van der Waals surface area contributed by atoms with Crippen LogP contribution in [0.25, 0.3) is 5.69 Å². The molecule has 1 N–H and O–H groups in total. The van der Waals surface area contributed by atoms with Crippen molar-refractivity contribution in [3.05, 3.63) is 78.1 Å². The van der Waals surface area contributed by atoms with Crippen LogP contribution in [0.3, 0.4) is 0 Å². The molecule has 1 aromatic heterocycles. The Balaban J connectivity index is 1.74. The first kappa shape index (κ1) is 16.4. The fourth-order valence-corrected chi connectivity index (χ4v) is 3.36. The van der Waals surface area contributed by atoms with Crippen LogP contribution in [-0.4, -0.2) is 26.6 Å². The molecule has 0 bridgehead atoms. The second-order valence-corrected chi connectivity index (χ2v) is 6.62. The van der Waals surface area contributed by atoms with Gasteiger partial charge in [-0.05, 0) is 37.6 Å². The summed E-state index contributed by atoms with van der Waals surface area (Å²) in [4.78, 5) is 15.1. The molecular formula is C21H22N4O. The number of carbonyl (C=O) groups is 1. The number of rotatable bonds is 4. The van der Waals surface area contributed by atoms with E-state index in [1.807, 2.05) is 76.6 Å². The van der Waals surface area contributed by atoms with E-state index in [4.69, 9.17) is 0 Å². The zero-order chi connectivity index (χ0) is 18.1. The van der Waals surface area contributed by atoms with Crippen LogP contribution in [-0.2, 0) is 0 Å². The minimum Gasteiger partial charge on any atom is -0.361 e. The fraction of sp³-hybridized carbons (Fsp3) is 0.238. The molecule has 0 spiro atoms. The highest BCUT2D eigenvalue weighted by Crippen LogP contribution is 2.35. The summed E-state index contributed by atoms with van der Waals surface area (Å²) >= 11 is 0. The van der Waals surface area contributed by atoms with Crippen LogP contribution in [0.2, 0.25) is 0 Å². The van der Waals surface area contributed by atoms with Crippen molar-refractivity contribution in [2.45, 2.75) is 32.5 Å². The van der Waals surface area contributed by atoms with E-state index in [-0.39, 0.29) is 18.1 Å². The Morgan fingerprint density at radius 1 is 1.12 bits per heavy atom. The number of anilines is 1. The van der Waals surface area contributed by atoms with Crippen LogP contribution in [0.1, 0.15) is 42.4 Å². The Morgan fingerprint density at radius 2 is 1.85 bits per heavy atom. The summed E-state index contributed by atoms with van der Waals surface area (Å²) in [7, 11) is 0. The van der Waals surface area contributed by atoms with Crippen molar-refractivity contribution < 1.29 is 4.79 Å². The maximum Gasteiger partial charge on any atom is 0.258 e. The van der Waals surface area contributed by atoms with Gasteiger partial charge in [-0.3, -0.25) is 4.79 Å². The summed E-state index contributed by atoms with van der Waals surface area (Å²) in [5, 5.41) is 8.03. The molecule has 1 aliphatic rings. The van der Waals surface area contributed by atoms with Gasteiger partial charge in [-0.1, -0.05) is 37.3 Å². The molecule has 0 fully saturated rings. The van der Waals surface area contributed by atoms with E-state index in [0.717, 1.165) is 28.9 Å². The third-order valence-electron chi connectivity index (χ3n) is 4.97. The molecule has 0 aliphatic carbocycles. The van der Waals surface area contributed by atoms with E-state index in [2.05, 4.69) is 24.3 Å². The van der Waals surface area contributed by atoms with Crippen molar-refractivity contribution in [1.29, 1.82) is 0 Å². The average molecular weight is 346 g/mol. The Bertz CT molecular complexity index is 919. The molecule has 2 atom stereocenters. The molecule has 0 saturated heterocycles. The minimum absolute atomic E-state index is 0.0613. The van der Waals surface area contributed by atoms with Crippen molar-refractivity contribution in [3.63, 3.8) is 0 Å². The smallest absolute Gasteiger partial charge is 0.258 e. The standard InChI is InChI=1S/C21H22N4O/c1-3-15(2)25-20(23-19-12-8-7-11-18(19)21(25)26)16-13-22-24(14-16)17-9-5-4-6-10-17/h4-15,20,23H,3H2,1-2H3/t15-,20+/m0/s1. The van der Waals surface area contributed by atoms with E-state index in [0.29, 0.717) is 0 Å². The molecule has 2 heterocycles. The van der Waals surface area contributed by atoms with Gasteiger partial charge in [0, 0.05) is 23.5 Å². The monoisotopic (exact) mass is 346 g/mol. The molecule has 5 nitrogen and oxygen atoms in total. The van der Waals surface area contributed by atoms with Crippen molar-refractivity contribution in [2.75, 3.05) is 5.32 Å². The van der Waals surface area contributed by atoms with Gasteiger partial charge in [-0.15, -0.1) is 0 Å². The van der Waals surface area contributed by atoms with E-state index >= 15 is 0 Å². The van der Waals surface area contributed by atoms with Gasteiger partial charge in [0.05, 0.1) is 17.4 Å². The molecule has 132 valence electrons. The van der Waals surface area contributed by atoms with Gasteiger partial charge in [0.25, 0.3) is 5.91 Å². The molecule has 5 heteroatoms. The zero-order valence-electron chi connectivity index (χ0n) is 15.0. The first-order chi connectivity index (χ1) is 12.7. The molecule has 0 saturated carbocycles. The number of nitrogens with one attached hydrogen (secondary N) is 1. The summed E-state index contributed by atoms with van der Waals surface area (Å²) in [5.41, 5.74) is 3.56. The lowest BCUT2D eigenvalue weighted by Crippen LogP contribution is -2.47. The van der Waals surface area contributed by atoms with E-state index < -0.39 is 0 Å². The summed E-state index contributed by atoms with van der Waals surface area (Å²) in [6.45, 7) is 4.19. The number of para-hydroxylation sites is 2. The largest absolute Gasteiger partial charge is 0.361 e. The lowest BCUT2D eigenvalue weighted by Gasteiger charge is -2.41. The Kier molecular flexibility index (Phi) is 4.21. The van der Waals surface area contributed by atoms with E-state index in [1.165, 1.54) is 0 Å². The van der Waals surface area contributed by atoms with Gasteiger partial charge < -0.3 is 10.2 Å². The van der Waals surface area contributed by atoms with E-state index in [1.54, 1.807) is 0 Å². The van der Waals surface area contributed by atoms with Gasteiger partial charge in [0.15, 0.2) is 0 Å². The number of carbonyl (C=O) groups excluding carboxylic acids is 1. The highest BCUT2D eigenvalue weighted by Gasteiger charge is 2.35. The van der Waals surface area contributed by atoms with Crippen LogP contribution < -0.4 is 5.32 Å². The van der Waals surface area contributed by atoms with Crippen molar-refractivity contribution in [2.24, 2.45) is 0 Å². The third kappa shape index (κ3) is 2.75. The Labute approximate surface area is 153 Å². The normalized spacial score (nSPS) is 17.5. The molecule has 4 rings (SSSR count). The number of fused-ring (bicyclic) bond motifs is 1. The first-order valence-corrected chi connectivity index (χ1v) is 8.97. The highest BCUT2D eigenvalue weighted by molar-refractivity contribution is 6.01. The lowest BCUT2D eigenvalue weighted by atomic mass is 10.0. The summed E-state index contributed by atoms with van der Waals surface area (Å²) in [6.07, 6.45) is 4.48. The predicted molar refractivity (Wildman–Crippen MR) is 102 cm³/mol. The van der Waals surface area contributed by atoms with Crippen LogP contribution in [0.15, 0.2) is 67.0 Å². The van der Waals surface area contributed by atoms with Gasteiger partial charge in [-0.25, -0.2) is 4.68 Å². The van der Waals surface area contributed by atoms with Gasteiger partial charge in [0.2, 0.25) is 0 Å². The molecule has 1 aliphatic heterocycles. The zero-order valence-corrected chi connectivity index (χ0v) is 15.0. The number of benzene rings is 2. The second-order valence-electron chi connectivity index (χ2n) is 6.62. The van der Waals surface area contributed by atoms with Crippen LogP contribution >= 0.6 is 0 Å². The predicted octanol–water partition coefficient (Wildman–Crippen LogP) is 4.24. The fourth-order valence-electron chi connectivity index (χ4n) is 3.36. The molecule has 3 aromatic rings. The molecular weight excluding hydrogens is 324 g/mol. The van der Waals surface area contributed by atoms with Crippen LogP contribution in [0.4, 0.5) is 5.69 Å². The molecule has 2 aromatic carbocycles. The summed E-state index contributed by atoms with van der Waals surface area (Å²) in [6, 6.07) is 17.8. The molecule has 0 unspecified atom stereocenters. The molecule has 0 radical (unpaired) electrons. The first-order valence-electron chi connectivity index (χ1n) is 8.97. The van der Waals surface area contributed by atoms with Crippen molar-refractivity contribution >= 4 is 11.6 Å². The maximum atomic E-state index is 13.1. The Hall–Kier alpha value is -3.08. The average Bonchev–Trinajstić information content (AvgIpc) is 3.18. The van der Waals surface area contributed by atoms with Gasteiger partial charge >= 0.3 is 0 Å². The minimum atomic E-state index is -0.232. The van der Waals surface area contributed by atoms with Crippen LogP contribution in [0.5, 0.6) is 0 Å². The Morgan fingerprint density at radius 3 is 2.62 bits per heavy atom. The lowest BCUT2D eigenvalue weighted by molar-refractivity contribution is 0.0593.